The SMILES string of the molecule is COC(=O)c1ccc2cc(Oc3cccnc3Oc3ccc4cc(C(=O)OC)ccc4c3)ccc2c1. The second-order valence-electron chi connectivity index (χ2n) is 7.94. The summed E-state index contributed by atoms with van der Waals surface area (Å²) in [7, 11) is 2.71. The molecule has 0 aliphatic carbocycles. The van der Waals surface area contributed by atoms with E-state index in [1.54, 1.807) is 48.7 Å². The number of nitrogens with zero attached hydrogens (tertiary/aromatic N) is 1. The standard InChI is InChI=1S/C29H21NO6/c1-33-28(31)22-7-5-20-16-24(11-9-18(20)14-22)35-26-4-3-13-30-27(26)36-25-12-10-19-15-23(29(32)34-2)8-6-21(19)17-25/h3-17H,1-2H3. The van der Waals surface area contributed by atoms with E-state index >= 15 is 0 Å². The van der Waals surface area contributed by atoms with Crippen LogP contribution in [0, 0.1) is 0 Å². The van der Waals surface area contributed by atoms with Crippen molar-refractivity contribution < 1.29 is 28.5 Å². The number of hydrogen-bond acceptors (Lipinski definition) is 7. The number of fused-ring (bicyclic) bond motifs is 2. The summed E-state index contributed by atoms with van der Waals surface area (Å²) in [6.45, 7) is 0. The Hall–Kier alpha value is -4.91. The highest BCUT2D eigenvalue weighted by Crippen LogP contribution is 2.35. The van der Waals surface area contributed by atoms with Crippen molar-refractivity contribution in [3.63, 3.8) is 0 Å². The van der Waals surface area contributed by atoms with Crippen molar-refractivity contribution in [3.8, 4) is 23.1 Å². The summed E-state index contributed by atoms with van der Waals surface area (Å²) >= 11 is 0. The summed E-state index contributed by atoms with van der Waals surface area (Å²) in [6.07, 6.45) is 1.63. The summed E-state index contributed by atoms with van der Waals surface area (Å²) in [6, 6.07) is 25.3. The summed E-state index contributed by atoms with van der Waals surface area (Å²) in [4.78, 5) is 27.9. The van der Waals surface area contributed by atoms with Crippen molar-refractivity contribution in [1.82, 2.24) is 4.98 Å². The van der Waals surface area contributed by atoms with Gasteiger partial charge in [-0.25, -0.2) is 14.6 Å². The molecule has 0 aliphatic heterocycles. The van der Waals surface area contributed by atoms with Crippen molar-refractivity contribution in [2.75, 3.05) is 14.2 Å². The van der Waals surface area contributed by atoms with Crippen molar-refractivity contribution in [2.24, 2.45) is 0 Å². The third-order valence-electron chi connectivity index (χ3n) is 5.64. The normalized spacial score (nSPS) is 10.7. The van der Waals surface area contributed by atoms with Crippen molar-refractivity contribution in [1.29, 1.82) is 0 Å². The van der Waals surface area contributed by atoms with Crippen LogP contribution in [0.25, 0.3) is 21.5 Å². The van der Waals surface area contributed by atoms with E-state index < -0.39 is 0 Å². The zero-order chi connectivity index (χ0) is 25.1. The number of pyridine rings is 1. The van der Waals surface area contributed by atoms with Crippen LogP contribution in [0.1, 0.15) is 20.7 Å². The Kier molecular flexibility index (Phi) is 6.19. The van der Waals surface area contributed by atoms with E-state index in [2.05, 4.69) is 4.98 Å². The molecular weight excluding hydrogens is 458 g/mol. The second-order valence-corrected chi connectivity index (χ2v) is 7.94. The zero-order valence-electron chi connectivity index (χ0n) is 19.6. The van der Waals surface area contributed by atoms with Crippen LogP contribution in [0.5, 0.6) is 23.1 Å². The molecule has 7 heteroatoms. The second kappa shape index (κ2) is 9.76. The topological polar surface area (TPSA) is 84.0 Å². The molecule has 0 fully saturated rings. The number of carbonyl (C=O) groups is 2. The Balaban J connectivity index is 1.39. The van der Waals surface area contributed by atoms with Crippen LogP contribution in [0.15, 0.2) is 91.1 Å². The lowest BCUT2D eigenvalue weighted by Gasteiger charge is -2.12. The van der Waals surface area contributed by atoms with Gasteiger partial charge in [0.25, 0.3) is 5.88 Å². The molecule has 0 unspecified atom stereocenters. The van der Waals surface area contributed by atoms with E-state index in [0.29, 0.717) is 34.3 Å². The monoisotopic (exact) mass is 479 g/mol. The number of carbonyl (C=O) groups excluding carboxylic acids is 2. The predicted molar refractivity (Wildman–Crippen MR) is 135 cm³/mol. The number of hydrogen-bond donors (Lipinski definition) is 0. The van der Waals surface area contributed by atoms with Crippen LogP contribution in [0.4, 0.5) is 0 Å². The number of rotatable bonds is 6. The third kappa shape index (κ3) is 4.67. The number of ether oxygens (including phenoxy) is 4. The van der Waals surface area contributed by atoms with Crippen LogP contribution >= 0.6 is 0 Å². The van der Waals surface area contributed by atoms with Gasteiger partial charge in [-0.15, -0.1) is 0 Å². The molecule has 0 saturated carbocycles. The van der Waals surface area contributed by atoms with Crippen LogP contribution in [-0.2, 0) is 9.47 Å². The van der Waals surface area contributed by atoms with Gasteiger partial charge in [0.1, 0.15) is 11.5 Å². The largest absolute Gasteiger partial charge is 0.465 e. The molecule has 0 spiro atoms. The fourth-order valence-electron chi connectivity index (χ4n) is 3.83. The van der Waals surface area contributed by atoms with Gasteiger partial charge >= 0.3 is 11.9 Å². The maximum absolute atomic E-state index is 11.8. The van der Waals surface area contributed by atoms with E-state index in [4.69, 9.17) is 18.9 Å². The average molecular weight is 479 g/mol. The molecule has 0 atom stereocenters. The lowest BCUT2D eigenvalue weighted by atomic mass is 10.1. The highest BCUT2D eigenvalue weighted by molar-refractivity contribution is 5.96. The molecule has 0 bridgehead atoms. The summed E-state index contributed by atoms with van der Waals surface area (Å²) < 4.78 is 21.7. The van der Waals surface area contributed by atoms with Gasteiger partial charge < -0.3 is 18.9 Å². The number of aromatic nitrogens is 1. The molecule has 4 aromatic carbocycles. The first-order valence-electron chi connectivity index (χ1n) is 11.1. The third-order valence-corrected chi connectivity index (χ3v) is 5.64. The van der Waals surface area contributed by atoms with Gasteiger partial charge in [-0.2, -0.15) is 0 Å². The van der Waals surface area contributed by atoms with Crippen LogP contribution in [-0.4, -0.2) is 31.1 Å². The van der Waals surface area contributed by atoms with E-state index in [0.717, 1.165) is 21.5 Å². The molecule has 0 N–H and O–H groups in total. The van der Waals surface area contributed by atoms with Gasteiger partial charge in [-0.1, -0.05) is 24.3 Å². The van der Waals surface area contributed by atoms with E-state index in [-0.39, 0.29) is 11.9 Å². The fraction of sp³-hybridized carbons (Fsp3) is 0.0690. The quantitative estimate of drug-likeness (QED) is 0.256. The summed E-state index contributed by atoms with van der Waals surface area (Å²) in [5.74, 6) is 1.16. The Morgan fingerprint density at radius 3 is 1.67 bits per heavy atom. The molecule has 0 radical (unpaired) electrons. The van der Waals surface area contributed by atoms with Gasteiger partial charge in [0, 0.05) is 6.20 Å². The van der Waals surface area contributed by atoms with Crippen LogP contribution in [0.3, 0.4) is 0 Å². The average Bonchev–Trinajstić information content (AvgIpc) is 2.92. The van der Waals surface area contributed by atoms with Gasteiger partial charge in [0.15, 0.2) is 5.75 Å². The molecule has 178 valence electrons. The lowest BCUT2D eigenvalue weighted by molar-refractivity contribution is 0.0592. The minimum atomic E-state index is -0.384. The molecule has 1 heterocycles. The van der Waals surface area contributed by atoms with Gasteiger partial charge in [-0.05, 0) is 82.2 Å². The molecule has 0 saturated heterocycles. The maximum atomic E-state index is 11.8. The Labute approximate surface area is 206 Å². The lowest BCUT2D eigenvalue weighted by Crippen LogP contribution is -2.00. The minimum Gasteiger partial charge on any atom is -0.465 e. The zero-order valence-corrected chi connectivity index (χ0v) is 19.6. The Morgan fingerprint density at radius 1 is 0.611 bits per heavy atom. The smallest absolute Gasteiger partial charge is 0.337 e. The number of methoxy groups -OCH3 is 2. The summed E-state index contributed by atoms with van der Waals surface area (Å²) in [5, 5.41) is 3.58. The number of benzene rings is 4. The fourth-order valence-corrected chi connectivity index (χ4v) is 3.83. The first-order valence-corrected chi connectivity index (χ1v) is 11.1. The molecule has 7 nitrogen and oxygen atoms in total. The van der Waals surface area contributed by atoms with Gasteiger partial charge in [0.2, 0.25) is 0 Å². The molecule has 0 amide bonds. The molecule has 0 aliphatic rings. The predicted octanol–water partition coefficient (Wildman–Crippen LogP) is 6.55. The molecule has 36 heavy (non-hydrogen) atoms. The first kappa shape index (κ1) is 22.9. The minimum absolute atomic E-state index is 0.309. The van der Waals surface area contributed by atoms with E-state index in [1.165, 1.54) is 14.2 Å². The highest BCUT2D eigenvalue weighted by Gasteiger charge is 2.12. The molecular formula is C29H21NO6. The molecule has 1 aromatic heterocycles. The van der Waals surface area contributed by atoms with Crippen molar-refractivity contribution in [2.45, 2.75) is 0 Å². The molecule has 5 aromatic rings. The molecule has 5 rings (SSSR count). The number of esters is 2. The van der Waals surface area contributed by atoms with Crippen molar-refractivity contribution >= 4 is 33.5 Å². The Morgan fingerprint density at radius 2 is 1.11 bits per heavy atom. The van der Waals surface area contributed by atoms with Crippen LogP contribution < -0.4 is 9.47 Å². The van der Waals surface area contributed by atoms with E-state index in [1.807, 2.05) is 42.5 Å². The van der Waals surface area contributed by atoms with Crippen molar-refractivity contribution in [3.05, 3.63) is 102 Å². The highest BCUT2D eigenvalue weighted by atomic mass is 16.5. The van der Waals surface area contributed by atoms with Crippen LogP contribution in [0.2, 0.25) is 0 Å². The van der Waals surface area contributed by atoms with E-state index in [9.17, 15) is 9.59 Å². The first-order chi connectivity index (χ1) is 17.5. The Bertz CT molecular complexity index is 1490. The maximum Gasteiger partial charge on any atom is 0.337 e. The van der Waals surface area contributed by atoms with Gasteiger partial charge in [0.05, 0.1) is 25.3 Å². The summed E-state index contributed by atoms with van der Waals surface area (Å²) in [5.41, 5.74) is 0.967. The van der Waals surface area contributed by atoms with Gasteiger partial charge in [-0.3, -0.25) is 0 Å².